The Kier molecular flexibility index (Phi) is 11.0. The molecule has 0 spiro atoms. The van der Waals surface area contributed by atoms with Crippen LogP contribution in [0.5, 0.6) is 0 Å². The first-order valence-corrected chi connectivity index (χ1v) is 9.94. The van der Waals surface area contributed by atoms with E-state index in [4.69, 9.17) is 0 Å². The molecule has 0 aliphatic carbocycles. The summed E-state index contributed by atoms with van der Waals surface area (Å²) in [5, 5.41) is 0. The van der Waals surface area contributed by atoms with Crippen molar-refractivity contribution in [2.75, 3.05) is 0 Å². The Morgan fingerprint density at radius 2 is 1.58 bits per heavy atom. The fraction of sp³-hybridized carbons (Fsp3) is 0.667. The molecule has 24 heavy (non-hydrogen) atoms. The highest BCUT2D eigenvalue weighted by molar-refractivity contribution is 5.42. The first-order valence-electron chi connectivity index (χ1n) is 9.94. The Morgan fingerprint density at radius 3 is 1.96 bits per heavy atom. The molecule has 0 amide bonds. The van der Waals surface area contributed by atoms with E-state index in [0.29, 0.717) is 17.8 Å². The highest BCUT2D eigenvalue weighted by atomic mass is 14.3. The van der Waals surface area contributed by atoms with E-state index in [0.717, 1.165) is 12.8 Å². The molecule has 0 aliphatic heterocycles. The Labute approximate surface area is 152 Å². The monoisotopic (exact) mass is 330 g/mol. The molecular weight excluding hydrogens is 288 g/mol. The minimum Gasteiger partial charge on any atom is -0.103 e. The number of allylic oxidation sites excluding steroid dienone is 7. The van der Waals surface area contributed by atoms with Crippen molar-refractivity contribution in [1.29, 1.82) is 0 Å². The lowest BCUT2D eigenvalue weighted by atomic mass is 9.73. The van der Waals surface area contributed by atoms with E-state index >= 15 is 0 Å². The zero-order valence-corrected chi connectivity index (χ0v) is 17.9. The predicted molar refractivity (Wildman–Crippen MR) is 112 cm³/mol. The van der Waals surface area contributed by atoms with Gasteiger partial charge in [0.2, 0.25) is 0 Å². The maximum atomic E-state index is 4.03. The Bertz CT molecular complexity index is 484. The normalized spacial score (nSPS) is 18.5. The molecular formula is C24H42. The molecule has 0 N–H and O–H groups in total. The lowest BCUT2D eigenvalue weighted by molar-refractivity contribution is 0.514. The highest BCUT2D eigenvalue weighted by Gasteiger charge is 2.26. The summed E-state index contributed by atoms with van der Waals surface area (Å²) in [5.41, 5.74) is 7.82. The Morgan fingerprint density at radius 1 is 1.00 bits per heavy atom. The maximum absolute atomic E-state index is 4.03. The van der Waals surface area contributed by atoms with Crippen molar-refractivity contribution in [3.63, 3.8) is 0 Å². The summed E-state index contributed by atoms with van der Waals surface area (Å²) in [5.74, 6) is 1.70. The van der Waals surface area contributed by atoms with Gasteiger partial charge in [0.15, 0.2) is 0 Å². The van der Waals surface area contributed by atoms with Crippen molar-refractivity contribution in [2.45, 2.75) is 88.0 Å². The topological polar surface area (TPSA) is 0 Å². The number of hydrogen-bond donors (Lipinski definition) is 0. The van der Waals surface area contributed by atoms with Crippen LogP contribution < -0.4 is 0 Å². The van der Waals surface area contributed by atoms with Crippen LogP contribution in [0.1, 0.15) is 88.0 Å². The smallest absolute Gasteiger partial charge is 0.00154 e. The van der Waals surface area contributed by atoms with Gasteiger partial charge in [0, 0.05) is 0 Å². The quantitative estimate of drug-likeness (QED) is 0.279. The van der Waals surface area contributed by atoms with Gasteiger partial charge in [0.25, 0.3) is 0 Å². The average molecular weight is 331 g/mol. The minimum absolute atomic E-state index is 0.503. The minimum atomic E-state index is 0.503. The van der Waals surface area contributed by atoms with Crippen molar-refractivity contribution in [1.82, 2.24) is 0 Å². The third kappa shape index (κ3) is 5.80. The zero-order valence-electron chi connectivity index (χ0n) is 17.9. The second kappa shape index (κ2) is 11.5. The molecule has 0 fully saturated rings. The number of rotatable bonds is 10. The SMILES string of the molecule is C=CCC(CC)C(=C(C(C)=C(C)CC)C(C)CC)C(C)C(C)=CC. The Balaban J connectivity index is 6.69. The molecule has 0 heterocycles. The van der Waals surface area contributed by atoms with Crippen LogP contribution in [0.4, 0.5) is 0 Å². The fourth-order valence-corrected chi connectivity index (χ4v) is 3.59. The molecule has 0 aromatic heterocycles. The summed E-state index contributed by atoms with van der Waals surface area (Å²) >= 11 is 0. The lowest BCUT2D eigenvalue weighted by Crippen LogP contribution is -2.18. The van der Waals surface area contributed by atoms with Crippen molar-refractivity contribution < 1.29 is 0 Å². The summed E-state index contributed by atoms with van der Waals surface area (Å²) in [7, 11) is 0. The van der Waals surface area contributed by atoms with Gasteiger partial charge < -0.3 is 0 Å². The molecule has 0 nitrogen and oxygen atoms in total. The van der Waals surface area contributed by atoms with Crippen molar-refractivity contribution in [3.8, 4) is 0 Å². The van der Waals surface area contributed by atoms with E-state index in [9.17, 15) is 0 Å². The molecule has 0 aliphatic rings. The maximum Gasteiger partial charge on any atom is -0.00154 e. The molecule has 3 unspecified atom stereocenters. The van der Waals surface area contributed by atoms with Crippen molar-refractivity contribution in [3.05, 3.63) is 46.6 Å². The van der Waals surface area contributed by atoms with Gasteiger partial charge in [-0.25, -0.2) is 0 Å². The van der Waals surface area contributed by atoms with Gasteiger partial charge in [-0.1, -0.05) is 63.5 Å². The van der Waals surface area contributed by atoms with Crippen LogP contribution in [-0.2, 0) is 0 Å². The van der Waals surface area contributed by atoms with Gasteiger partial charge in [-0.15, -0.1) is 6.58 Å². The van der Waals surface area contributed by atoms with Crippen molar-refractivity contribution >= 4 is 0 Å². The summed E-state index contributed by atoms with van der Waals surface area (Å²) in [6.45, 7) is 24.8. The van der Waals surface area contributed by atoms with Gasteiger partial charge in [0.05, 0.1) is 0 Å². The van der Waals surface area contributed by atoms with Gasteiger partial charge in [-0.2, -0.15) is 0 Å². The van der Waals surface area contributed by atoms with Crippen LogP contribution in [0.2, 0.25) is 0 Å². The Hall–Kier alpha value is -1.04. The third-order valence-electron chi connectivity index (χ3n) is 5.98. The van der Waals surface area contributed by atoms with Gasteiger partial charge in [-0.05, 0) is 82.3 Å². The first-order chi connectivity index (χ1) is 11.3. The average Bonchev–Trinajstić information content (AvgIpc) is 2.61. The van der Waals surface area contributed by atoms with Crippen LogP contribution in [0.15, 0.2) is 46.6 Å². The lowest BCUT2D eigenvalue weighted by Gasteiger charge is -2.32. The molecule has 138 valence electrons. The van der Waals surface area contributed by atoms with Crippen molar-refractivity contribution in [2.24, 2.45) is 17.8 Å². The zero-order chi connectivity index (χ0) is 18.9. The van der Waals surface area contributed by atoms with Gasteiger partial charge in [0.1, 0.15) is 0 Å². The van der Waals surface area contributed by atoms with Crippen LogP contribution in [0, 0.1) is 17.8 Å². The molecule has 0 radical (unpaired) electrons. The number of hydrogen-bond acceptors (Lipinski definition) is 0. The van der Waals surface area contributed by atoms with Crippen LogP contribution in [0.3, 0.4) is 0 Å². The fourth-order valence-electron chi connectivity index (χ4n) is 3.59. The van der Waals surface area contributed by atoms with Crippen LogP contribution >= 0.6 is 0 Å². The van der Waals surface area contributed by atoms with E-state index in [2.05, 4.69) is 81.0 Å². The first kappa shape index (κ1) is 23.0. The summed E-state index contributed by atoms with van der Waals surface area (Å²) in [4.78, 5) is 0. The molecule has 0 saturated carbocycles. The standard InChI is InChI=1S/C24H42/c1-11-16-22(15-5)24(21(10)18(7)13-3)23(19(8)14-4)20(9)17(6)12-2/h11,13,19,21-22H,1,12,14-16H2,2-10H3. The molecule has 0 rings (SSSR count). The second-order valence-electron chi connectivity index (χ2n) is 7.32. The van der Waals surface area contributed by atoms with Crippen LogP contribution in [-0.4, -0.2) is 0 Å². The largest absolute Gasteiger partial charge is 0.103 e. The second-order valence-corrected chi connectivity index (χ2v) is 7.32. The molecule has 0 heteroatoms. The predicted octanol–water partition coefficient (Wildman–Crippen LogP) is 8.28. The van der Waals surface area contributed by atoms with E-state index in [1.54, 1.807) is 11.1 Å². The molecule has 0 saturated heterocycles. The summed E-state index contributed by atoms with van der Waals surface area (Å²) < 4.78 is 0. The van der Waals surface area contributed by atoms with E-state index in [-0.39, 0.29) is 0 Å². The van der Waals surface area contributed by atoms with Crippen LogP contribution in [0.25, 0.3) is 0 Å². The molecule has 0 bridgehead atoms. The summed E-state index contributed by atoms with van der Waals surface area (Å²) in [6.07, 6.45) is 8.97. The van der Waals surface area contributed by atoms with Gasteiger partial charge in [-0.3, -0.25) is 0 Å². The highest BCUT2D eigenvalue weighted by Crippen LogP contribution is 2.40. The summed E-state index contributed by atoms with van der Waals surface area (Å²) in [6, 6.07) is 0. The van der Waals surface area contributed by atoms with E-state index in [1.165, 1.54) is 29.6 Å². The molecule has 3 atom stereocenters. The third-order valence-corrected chi connectivity index (χ3v) is 5.98. The molecule has 0 aromatic rings. The molecule has 0 aromatic carbocycles. The van der Waals surface area contributed by atoms with Gasteiger partial charge >= 0.3 is 0 Å². The van der Waals surface area contributed by atoms with E-state index in [1.807, 2.05) is 0 Å². The van der Waals surface area contributed by atoms with E-state index < -0.39 is 0 Å².